The fourth-order valence-corrected chi connectivity index (χ4v) is 2.59. The third-order valence-corrected chi connectivity index (χ3v) is 4.12. The lowest BCUT2D eigenvalue weighted by molar-refractivity contribution is -0.774. The maximum absolute atomic E-state index is 2.32. The van der Waals surface area contributed by atoms with E-state index in [1.807, 2.05) is 0 Å². The minimum absolute atomic E-state index is 1.17. The van der Waals surface area contributed by atoms with Crippen LogP contribution >= 0.6 is 0 Å². The normalized spacial score (nSPS) is 11.1. The topological polar surface area (TPSA) is 8.81 Å². The van der Waals surface area contributed by atoms with Crippen molar-refractivity contribution in [2.24, 2.45) is 7.05 Å². The molecular formula is C17H33N2+. The first-order valence-corrected chi connectivity index (χ1v) is 8.27. The van der Waals surface area contributed by atoms with Crippen LogP contribution in [0, 0.1) is 6.92 Å². The van der Waals surface area contributed by atoms with Gasteiger partial charge in [0, 0.05) is 12.5 Å². The molecule has 1 aromatic heterocycles. The van der Waals surface area contributed by atoms with Gasteiger partial charge >= 0.3 is 0 Å². The Morgan fingerprint density at radius 2 is 1.42 bits per heavy atom. The molecule has 2 heteroatoms. The van der Waals surface area contributed by atoms with Crippen LogP contribution in [0.5, 0.6) is 0 Å². The lowest BCUT2D eigenvalue weighted by Crippen LogP contribution is -2.41. The highest BCUT2D eigenvalue weighted by molar-refractivity contribution is 4.91. The standard InChI is InChI=1S/C17H33N2/c1-4-5-6-7-8-9-10-11-12-13-15-19-16-14-17(2)18(19)3/h14,16H,4-13,15H2,1-3H3/q+1. The van der Waals surface area contributed by atoms with Gasteiger partial charge in [0.25, 0.3) is 0 Å². The van der Waals surface area contributed by atoms with E-state index in [0.717, 1.165) is 0 Å². The highest BCUT2D eigenvalue weighted by Gasteiger charge is 2.06. The largest absolute Gasteiger partial charge is 0.195 e. The summed E-state index contributed by atoms with van der Waals surface area (Å²) in [5, 5.41) is 0. The van der Waals surface area contributed by atoms with Crippen LogP contribution in [0.3, 0.4) is 0 Å². The van der Waals surface area contributed by atoms with Gasteiger partial charge < -0.3 is 0 Å². The molecule has 0 atom stereocenters. The first-order chi connectivity index (χ1) is 9.25. The summed E-state index contributed by atoms with van der Waals surface area (Å²) in [5.74, 6) is 0. The molecule has 1 aromatic rings. The molecule has 0 unspecified atom stereocenters. The minimum Gasteiger partial charge on any atom is -0.161 e. The molecule has 0 N–H and O–H groups in total. The first-order valence-electron chi connectivity index (χ1n) is 8.27. The Bertz CT molecular complexity index is 328. The van der Waals surface area contributed by atoms with Crippen LogP contribution < -0.4 is 4.68 Å². The Kier molecular flexibility index (Phi) is 8.61. The number of aryl methyl sites for hydroxylation is 2. The monoisotopic (exact) mass is 265 g/mol. The number of hydrogen-bond acceptors (Lipinski definition) is 0. The van der Waals surface area contributed by atoms with Gasteiger partial charge in [0.2, 0.25) is 0 Å². The van der Waals surface area contributed by atoms with Crippen molar-refractivity contribution >= 4 is 0 Å². The molecule has 1 rings (SSSR count). The van der Waals surface area contributed by atoms with Gasteiger partial charge in [-0.1, -0.05) is 58.3 Å². The number of hydrogen-bond donors (Lipinski definition) is 0. The predicted molar refractivity (Wildman–Crippen MR) is 82.2 cm³/mol. The second-order valence-electron chi connectivity index (χ2n) is 5.83. The molecule has 0 radical (unpaired) electrons. The number of rotatable bonds is 11. The predicted octanol–water partition coefficient (Wildman–Crippen LogP) is 4.54. The zero-order valence-electron chi connectivity index (χ0n) is 13.3. The molecule has 110 valence electrons. The van der Waals surface area contributed by atoms with E-state index in [2.05, 4.69) is 42.5 Å². The summed E-state index contributed by atoms with van der Waals surface area (Å²) in [6, 6.07) is 2.19. The van der Waals surface area contributed by atoms with E-state index in [1.54, 1.807) is 0 Å². The average molecular weight is 265 g/mol. The van der Waals surface area contributed by atoms with Crippen molar-refractivity contribution in [3.05, 3.63) is 18.0 Å². The summed E-state index contributed by atoms with van der Waals surface area (Å²) in [6.45, 7) is 5.61. The number of unbranched alkanes of at least 4 members (excludes halogenated alkanes) is 9. The van der Waals surface area contributed by atoms with Gasteiger partial charge in [0.15, 0.2) is 12.7 Å². The summed E-state index contributed by atoms with van der Waals surface area (Å²) in [4.78, 5) is 0. The molecule has 0 spiro atoms. The Morgan fingerprint density at radius 1 is 0.895 bits per heavy atom. The molecule has 0 aliphatic carbocycles. The van der Waals surface area contributed by atoms with E-state index in [1.165, 1.54) is 76.4 Å². The quantitative estimate of drug-likeness (QED) is 0.410. The lowest BCUT2D eigenvalue weighted by atomic mass is 10.1. The van der Waals surface area contributed by atoms with Crippen LogP contribution in [0.4, 0.5) is 0 Å². The summed E-state index contributed by atoms with van der Waals surface area (Å²) >= 11 is 0. The first kappa shape index (κ1) is 16.3. The Morgan fingerprint density at radius 3 is 1.89 bits per heavy atom. The van der Waals surface area contributed by atoms with Gasteiger partial charge in [-0.25, -0.2) is 0 Å². The molecule has 0 saturated carbocycles. The van der Waals surface area contributed by atoms with Crippen molar-refractivity contribution in [1.82, 2.24) is 4.68 Å². The minimum atomic E-state index is 1.17. The summed E-state index contributed by atoms with van der Waals surface area (Å²) in [5.41, 5.74) is 1.34. The van der Waals surface area contributed by atoms with Crippen molar-refractivity contribution in [3.8, 4) is 0 Å². The van der Waals surface area contributed by atoms with Gasteiger partial charge in [-0.3, -0.25) is 0 Å². The smallest absolute Gasteiger partial charge is 0.161 e. The van der Waals surface area contributed by atoms with E-state index < -0.39 is 0 Å². The molecule has 0 aliphatic heterocycles. The zero-order valence-corrected chi connectivity index (χ0v) is 13.3. The third-order valence-electron chi connectivity index (χ3n) is 4.12. The van der Waals surface area contributed by atoms with Crippen LogP contribution in [0.25, 0.3) is 0 Å². The number of nitrogens with zero attached hydrogens (tertiary/aromatic N) is 2. The molecule has 0 amide bonds. The van der Waals surface area contributed by atoms with Crippen molar-refractivity contribution in [2.45, 2.75) is 84.6 Å². The third kappa shape index (κ3) is 6.79. The molecule has 19 heavy (non-hydrogen) atoms. The second kappa shape index (κ2) is 10.1. The molecule has 2 nitrogen and oxygen atoms in total. The molecule has 0 aliphatic rings. The van der Waals surface area contributed by atoms with Crippen LogP contribution in [-0.2, 0) is 13.6 Å². The van der Waals surface area contributed by atoms with Gasteiger partial charge in [-0.15, -0.1) is 4.68 Å². The highest BCUT2D eigenvalue weighted by atomic mass is 15.4. The second-order valence-corrected chi connectivity index (χ2v) is 5.83. The highest BCUT2D eigenvalue weighted by Crippen LogP contribution is 2.10. The van der Waals surface area contributed by atoms with Gasteiger partial charge in [-0.2, -0.15) is 4.68 Å². The van der Waals surface area contributed by atoms with E-state index in [4.69, 9.17) is 0 Å². The van der Waals surface area contributed by atoms with Crippen LogP contribution in [0.15, 0.2) is 12.3 Å². The van der Waals surface area contributed by atoms with Gasteiger partial charge in [-0.05, 0) is 13.3 Å². The Labute approximate surface area is 119 Å². The summed E-state index contributed by atoms with van der Waals surface area (Å²) in [6.07, 6.45) is 16.3. The van der Waals surface area contributed by atoms with Gasteiger partial charge in [0.1, 0.15) is 0 Å². The summed E-state index contributed by atoms with van der Waals surface area (Å²) < 4.78 is 4.56. The zero-order chi connectivity index (χ0) is 13.9. The van der Waals surface area contributed by atoms with Crippen LogP contribution in [0.1, 0.15) is 76.8 Å². The average Bonchev–Trinajstić information content (AvgIpc) is 2.73. The Hall–Kier alpha value is -0.790. The van der Waals surface area contributed by atoms with Gasteiger partial charge in [0.05, 0.1) is 12.7 Å². The molecule has 0 saturated heterocycles. The number of aromatic nitrogens is 2. The lowest BCUT2D eigenvalue weighted by Gasteiger charge is -2.01. The van der Waals surface area contributed by atoms with E-state index >= 15 is 0 Å². The Balaban J connectivity index is 1.90. The maximum Gasteiger partial charge on any atom is 0.195 e. The van der Waals surface area contributed by atoms with Crippen molar-refractivity contribution < 1.29 is 4.68 Å². The maximum atomic E-state index is 2.32. The van der Waals surface area contributed by atoms with Crippen LogP contribution in [0.2, 0.25) is 0 Å². The molecule has 0 aromatic carbocycles. The van der Waals surface area contributed by atoms with E-state index in [-0.39, 0.29) is 0 Å². The van der Waals surface area contributed by atoms with Crippen molar-refractivity contribution in [1.29, 1.82) is 0 Å². The van der Waals surface area contributed by atoms with E-state index in [9.17, 15) is 0 Å². The molecule has 0 fully saturated rings. The van der Waals surface area contributed by atoms with Crippen molar-refractivity contribution in [3.63, 3.8) is 0 Å². The van der Waals surface area contributed by atoms with Crippen LogP contribution in [-0.4, -0.2) is 4.68 Å². The van der Waals surface area contributed by atoms with Crippen molar-refractivity contribution in [2.75, 3.05) is 0 Å². The SMILES string of the molecule is CCCCCCCCCCCC[n+]1ccc(C)n1C. The molecule has 0 bridgehead atoms. The molecular weight excluding hydrogens is 232 g/mol. The fourth-order valence-electron chi connectivity index (χ4n) is 2.59. The molecule has 1 heterocycles. The summed E-state index contributed by atoms with van der Waals surface area (Å²) in [7, 11) is 2.14. The fraction of sp³-hybridized carbons (Fsp3) is 0.824. The van der Waals surface area contributed by atoms with E-state index in [0.29, 0.717) is 0 Å².